The molecule has 0 saturated carbocycles. The second-order valence-corrected chi connectivity index (χ2v) is 9.68. The van der Waals surface area contributed by atoms with Gasteiger partial charge < -0.3 is 19.7 Å². The number of aromatic amines is 1. The van der Waals surface area contributed by atoms with Crippen LogP contribution in [-0.4, -0.2) is 53.7 Å². The number of thiophene rings is 1. The Morgan fingerprint density at radius 1 is 1.22 bits per heavy atom. The lowest BCUT2D eigenvalue weighted by atomic mass is 10.1. The minimum absolute atomic E-state index is 0.154. The molecule has 2 aromatic carbocycles. The van der Waals surface area contributed by atoms with E-state index in [1.54, 1.807) is 12.0 Å². The number of carbonyl (C=O) groups is 2. The Labute approximate surface area is 218 Å². The minimum atomic E-state index is -0.217. The fourth-order valence-electron chi connectivity index (χ4n) is 4.43. The first-order chi connectivity index (χ1) is 18.0. The summed E-state index contributed by atoms with van der Waals surface area (Å²) in [6.07, 6.45) is 5.27. The predicted molar refractivity (Wildman–Crippen MR) is 146 cm³/mol. The van der Waals surface area contributed by atoms with Crippen LogP contribution < -0.4 is 14.8 Å². The Hall–Kier alpha value is -4.11. The molecule has 190 valence electrons. The van der Waals surface area contributed by atoms with Crippen molar-refractivity contribution in [3.05, 3.63) is 69.5 Å². The molecule has 0 unspecified atom stereocenters. The van der Waals surface area contributed by atoms with Gasteiger partial charge >= 0.3 is 0 Å². The second-order valence-electron chi connectivity index (χ2n) is 8.77. The summed E-state index contributed by atoms with van der Waals surface area (Å²) in [5, 5.41) is 13.4. The molecule has 4 aromatic rings. The van der Waals surface area contributed by atoms with E-state index in [2.05, 4.69) is 15.5 Å². The molecular weight excluding hydrogens is 488 g/mol. The zero-order valence-electron chi connectivity index (χ0n) is 20.7. The zero-order valence-corrected chi connectivity index (χ0v) is 21.6. The monoisotopic (exact) mass is 516 g/mol. The Bertz CT molecular complexity index is 1470. The van der Waals surface area contributed by atoms with Gasteiger partial charge in [-0.2, -0.15) is 5.10 Å². The first kappa shape index (κ1) is 24.6. The Morgan fingerprint density at radius 2 is 2.08 bits per heavy atom. The van der Waals surface area contributed by atoms with Crippen molar-refractivity contribution in [1.82, 2.24) is 15.1 Å². The quantitative estimate of drug-likeness (QED) is 0.312. The number of fused-ring (bicyclic) bond motifs is 1. The van der Waals surface area contributed by atoms with E-state index in [4.69, 9.17) is 9.47 Å². The van der Waals surface area contributed by atoms with Crippen molar-refractivity contribution in [2.24, 2.45) is 0 Å². The van der Waals surface area contributed by atoms with Gasteiger partial charge in [0, 0.05) is 23.9 Å². The number of anilines is 1. The molecule has 5 rings (SSSR count). The lowest BCUT2D eigenvalue weighted by molar-refractivity contribution is -0.128. The number of H-pyrrole nitrogens is 1. The molecule has 1 fully saturated rings. The third-order valence-corrected chi connectivity index (χ3v) is 7.39. The standard InChI is InChI=1S/C28H28N4O4S/c1-18-13-17-37-27(18)28(34)29-25-19(9-11-22-20-6-3-4-7-21(20)30-31-22)10-12-23(26(25)35-2)36-16-15-32-14-5-8-24(32)33/h3-4,6-7,9-13,17H,5,8,14-16H2,1-2H3,(H,29,34)(H,30,31)/b11-9+. The van der Waals surface area contributed by atoms with Crippen LogP contribution in [0, 0.1) is 6.92 Å². The van der Waals surface area contributed by atoms with Gasteiger partial charge in [-0.1, -0.05) is 24.3 Å². The molecule has 1 aliphatic heterocycles. The average Bonchev–Trinajstić information content (AvgIpc) is 3.63. The molecule has 2 amide bonds. The molecule has 0 bridgehead atoms. The van der Waals surface area contributed by atoms with E-state index in [0.29, 0.717) is 41.6 Å². The van der Waals surface area contributed by atoms with E-state index < -0.39 is 0 Å². The van der Waals surface area contributed by atoms with Gasteiger partial charge in [-0.25, -0.2) is 0 Å². The fourth-order valence-corrected chi connectivity index (χ4v) is 5.25. The molecular formula is C28H28N4O4S. The lowest BCUT2D eigenvalue weighted by Crippen LogP contribution is -2.29. The van der Waals surface area contributed by atoms with E-state index in [1.807, 2.05) is 66.9 Å². The van der Waals surface area contributed by atoms with Crippen molar-refractivity contribution in [3.8, 4) is 11.5 Å². The van der Waals surface area contributed by atoms with Crippen molar-refractivity contribution >= 4 is 51.9 Å². The summed E-state index contributed by atoms with van der Waals surface area (Å²) < 4.78 is 11.8. The Kier molecular flexibility index (Phi) is 7.23. The first-order valence-corrected chi connectivity index (χ1v) is 13.0. The summed E-state index contributed by atoms with van der Waals surface area (Å²) in [6, 6.07) is 13.5. The number of hydrogen-bond acceptors (Lipinski definition) is 6. The molecule has 9 heteroatoms. The topological polar surface area (TPSA) is 96.6 Å². The number of amides is 2. The van der Waals surface area contributed by atoms with Crippen LogP contribution in [-0.2, 0) is 4.79 Å². The highest BCUT2D eigenvalue weighted by Crippen LogP contribution is 2.40. The number of methoxy groups -OCH3 is 1. The maximum atomic E-state index is 13.2. The van der Waals surface area contributed by atoms with E-state index in [-0.39, 0.29) is 11.8 Å². The third kappa shape index (κ3) is 5.22. The zero-order chi connectivity index (χ0) is 25.8. The van der Waals surface area contributed by atoms with Crippen molar-refractivity contribution < 1.29 is 19.1 Å². The highest BCUT2D eigenvalue weighted by molar-refractivity contribution is 7.12. The van der Waals surface area contributed by atoms with Crippen LogP contribution in [0.5, 0.6) is 11.5 Å². The smallest absolute Gasteiger partial charge is 0.266 e. The summed E-state index contributed by atoms with van der Waals surface area (Å²) >= 11 is 1.39. The number of carbonyl (C=O) groups excluding carboxylic acids is 2. The van der Waals surface area contributed by atoms with E-state index in [1.165, 1.54) is 11.3 Å². The molecule has 0 aliphatic carbocycles. The van der Waals surface area contributed by atoms with Gasteiger partial charge in [-0.3, -0.25) is 14.7 Å². The van der Waals surface area contributed by atoms with Gasteiger partial charge in [0.05, 0.1) is 35.4 Å². The molecule has 2 aromatic heterocycles. The number of likely N-dealkylation sites (tertiary alicyclic amines) is 1. The van der Waals surface area contributed by atoms with Crippen LogP contribution in [0.3, 0.4) is 0 Å². The van der Waals surface area contributed by atoms with Crippen LogP contribution in [0.1, 0.15) is 39.3 Å². The van der Waals surface area contributed by atoms with E-state index >= 15 is 0 Å². The summed E-state index contributed by atoms with van der Waals surface area (Å²) in [7, 11) is 1.55. The lowest BCUT2D eigenvalue weighted by Gasteiger charge is -2.19. The number of nitrogens with one attached hydrogen (secondary N) is 2. The molecule has 1 saturated heterocycles. The van der Waals surface area contributed by atoms with Crippen LogP contribution in [0.15, 0.2) is 47.8 Å². The molecule has 1 aliphatic rings. The largest absolute Gasteiger partial charge is 0.491 e. The highest BCUT2D eigenvalue weighted by Gasteiger charge is 2.22. The number of benzene rings is 2. The van der Waals surface area contributed by atoms with Crippen LogP contribution in [0.4, 0.5) is 5.69 Å². The van der Waals surface area contributed by atoms with Crippen molar-refractivity contribution in [2.45, 2.75) is 19.8 Å². The van der Waals surface area contributed by atoms with Crippen LogP contribution in [0.2, 0.25) is 0 Å². The number of rotatable bonds is 9. The third-order valence-electron chi connectivity index (χ3n) is 6.38. The van der Waals surface area contributed by atoms with Gasteiger partial charge in [0.15, 0.2) is 11.5 Å². The SMILES string of the molecule is COc1c(OCCN2CCCC2=O)ccc(/C=C/c2n[nH]c3ccccc23)c1NC(=O)c1sccc1C. The molecule has 0 atom stereocenters. The summed E-state index contributed by atoms with van der Waals surface area (Å²) in [5.74, 6) is 0.853. The van der Waals surface area contributed by atoms with Gasteiger partial charge in [0.1, 0.15) is 6.61 Å². The first-order valence-electron chi connectivity index (χ1n) is 12.1. The van der Waals surface area contributed by atoms with Crippen molar-refractivity contribution in [3.63, 3.8) is 0 Å². The molecule has 8 nitrogen and oxygen atoms in total. The predicted octanol–water partition coefficient (Wildman–Crippen LogP) is 5.37. The van der Waals surface area contributed by atoms with Crippen LogP contribution in [0.25, 0.3) is 23.1 Å². The summed E-state index contributed by atoms with van der Waals surface area (Å²) in [4.78, 5) is 27.6. The maximum absolute atomic E-state index is 13.2. The summed E-state index contributed by atoms with van der Waals surface area (Å²) in [5.41, 5.74) is 3.89. The maximum Gasteiger partial charge on any atom is 0.266 e. The Morgan fingerprint density at radius 3 is 2.84 bits per heavy atom. The molecule has 3 heterocycles. The number of ether oxygens (including phenoxy) is 2. The molecule has 37 heavy (non-hydrogen) atoms. The van der Waals surface area contributed by atoms with Crippen molar-refractivity contribution in [1.29, 1.82) is 0 Å². The highest BCUT2D eigenvalue weighted by atomic mass is 32.1. The fraction of sp³-hybridized carbons (Fsp3) is 0.250. The number of aryl methyl sites for hydroxylation is 1. The number of para-hydroxylation sites is 1. The van der Waals surface area contributed by atoms with Crippen molar-refractivity contribution in [2.75, 3.05) is 32.1 Å². The van der Waals surface area contributed by atoms with Gasteiger partial charge in [-0.05, 0) is 54.6 Å². The molecule has 2 N–H and O–H groups in total. The normalized spacial score (nSPS) is 13.6. The molecule has 0 spiro atoms. The number of hydrogen-bond donors (Lipinski definition) is 2. The molecule has 0 radical (unpaired) electrons. The van der Waals surface area contributed by atoms with E-state index in [0.717, 1.165) is 40.7 Å². The minimum Gasteiger partial charge on any atom is -0.491 e. The van der Waals surface area contributed by atoms with Gasteiger partial charge in [0.2, 0.25) is 5.91 Å². The Balaban J connectivity index is 1.46. The van der Waals surface area contributed by atoms with Gasteiger partial charge in [-0.15, -0.1) is 11.3 Å². The number of nitrogens with zero attached hydrogens (tertiary/aromatic N) is 2. The summed E-state index contributed by atoms with van der Waals surface area (Å²) in [6.45, 7) is 3.50. The van der Waals surface area contributed by atoms with Crippen LogP contribution >= 0.6 is 11.3 Å². The van der Waals surface area contributed by atoms with E-state index in [9.17, 15) is 9.59 Å². The number of aromatic nitrogens is 2. The van der Waals surface area contributed by atoms with Gasteiger partial charge in [0.25, 0.3) is 5.91 Å². The average molecular weight is 517 g/mol. The second kappa shape index (κ2) is 10.9.